The predicted molar refractivity (Wildman–Crippen MR) is 206 cm³/mol. The molecule has 2 fully saturated rings. The zero-order valence-corrected chi connectivity index (χ0v) is 40.1. The van der Waals surface area contributed by atoms with E-state index in [4.69, 9.17) is 28.4 Å². The van der Waals surface area contributed by atoms with Crippen LogP contribution in [0.3, 0.4) is 0 Å². The molecule has 0 bridgehead atoms. The maximum atomic E-state index is 13.9. The molecule has 2 aromatic rings. The Morgan fingerprint density at radius 1 is 0.614 bits per heavy atom. The summed E-state index contributed by atoms with van der Waals surface area (Å²) in [5.74, 6) is -3.49. The molecule has 0 spiro atoms. The first-order valence-electron chi connectivity index (χ1n) is 17.6. The minimum absolute atomic E-state index is 0.0185. The third kappa shape index (κ3) is 10.8. The predicted octanol–water partition coefficient (Wildman–Crippen LogP) is 2.29. The Labute approximate surface area is 348 Å². The van der Waals surface area contributed by atoms with E-state index in [0.29, 0.717) is 0 Å². The first-order valence-corrected chi connectivity index (χ1v) is 33.2. The van der Waals surface area contributed by atoms with E-state index < -0.39 is 92.5 Å². The zero-order valence-electron chi connectivity index (χ0n) is 33.0. The van der Waals surface area contributed by atoms with Crippen LogP contribution in [0.5, 0.6) is 0 Å². The monoisotopic (exact) mass is 1020 g/mol. The Morgan fingerprint density at radius 2 is 0.947 bits per heavy atom. The number of ether oxygens (including phenoxy) is 6. The fourth-order valence-electron chi connectivity index (χ4n) is 6.42. The van der Waals surface area contributed by atoms with Crippen molar-refractivity contribution in [2.24, 2.45) is 0 Å². The minimum atomic E-state index is -2.51. The van der Waals surface area contributed by atoms with Gasteiger partial charge in [-0.05, 0) is 0 Å². The quantitative estimate of drug-likeness (QED) is 0.0647. The molecular weight excluding hydrogens is 969 g/mol. The summed E-state index contributed by atoms with van der Waals surface area (Å²) in [4.78, 5) is 83.5. The number of β-lactam (4-membered cyclic amide) rings is 2. The van der Waals surface area contributed by atoms with Crippen LogP contribution in [0.25, 0.3) is 0 Å². The Kier molecular flexibility index (Phi) is 17.6. The van der Waals surface area contributed by atoms with Crippen LogP contribution >= 0.6 is 16.5 Å². The number of likely N-dealkylation sites (tertiary alicyclic amines) is 2. The van der Waals surface area contributed by atoms with Crippen molar-refractivity contribution in [1.82, 2.24) is 20.4 Å². The normalized spacial score (nSPS) is 19.8. The molecule has 2 aromatic carbocycles. The van der Waals surface area contributed by atoms with Gasteiger partial charge in [0.1, 0.15) is 0 Å². The average molecular weight is 1020 g/mol. The number of nitrogens with one attached hydrogen (secondary N) is 2. The number of carbonyl (C=O) groups excluding carboxylic acids is 6. The number of amides is 4. The van der Waals surface area contributed by atoms with E-state index in [2.05, 4.69) is 10.6 Å². The SMILES string of the molecule is COC(=O)/C(=C(\C)C(OC)OC)N1C(=O)C(NC(=O)Cc2ccccc2)C1[S][Hg][S]C1C(NC(=O)Cc2ccccc2)C(=O)N1/C(C(=O)OC)=C(/C)C(OC)OC. The number of esters is 2. The van der Waals surface area contributed by atoms with Crippen LogP contribution in [0.2, 0.25) is 0 Å². The van der Waals surface area contributed by atoms with Gasteiger partial charge in [-0.3, -0.25) is 0 Å². The van der Waals surface area contributed by atoms with Gasteiger partial charge in [0.15, 0.2) is 0 Å². The molecule has 2 saturated heterocycles. The number of hydrogen-bond acceptors (Lipinski definition) is 14. The molecule has 2 heterocycles. The number of nitrogens with zero attached hydrogens (tertiary/aromatic N) is 2. The maximum absolute atomic E-state index is 13.9. The fraction of sp³-hybridized carbons (Fsp3) is 0.421. The number of rotatable bonds is 20. The summed E-state index contributed by atoms with van der Waals surface area (Å²) in [7, 11) is 10.7. The molecule has 4 unspecified atom stereocenters. The second kappa shape index (κ2) is 21.8. The van der Waals surface area contributed by atoms with Crippen molar-refractivity contribution in [3.63, 3.8) is 0 Å². The van der Waals surface area contributed by atoms with Crippen molar-refractivity contribution in [3.05, 3.63) is 94.3 Å². The van der Waals surface area contributed by atoms with Gasteiger partial charge in [-0.25, -0.2) is 0 Å². The zero-order chi connectivity index (χ0) is 41.8. The molecule has 0 radical (unpaired) electrons. The summed E-state index contributed by atoms with van der Waals surface area (Å²) in [6, 6.07) is 16.1. The Hall–Kier alpha value is -3.78. The van der Waals surface area contributed by atoms with Crippen LogP contribution in [-0.4, -0.2) is 123 Å². The molecule has 16 nitrogen and oxygen atoms in total. The van der Waals surface area contributed by atoms with E-state index >= 15 is 0 Å². The summed E-state index contributed by atoms with van der Waals surface area (Å²) in [5, 5.41) is 4.17. The molecule has 4 amide bonds. The standard InChI is InChI=1S/2C19H24N2O6S.Hg/c2*1-11(19(26-3)27-4)15(18(24)25-2)21-16(23)14(17(21)28)20-13(22)10-12-8-6-5-7-9-12;/h2*5-9,14,17,19,28H,10H2,1-4H3,(H,20,22);/q;;+2/p-2/b2*15-11-;. The summed E-state index contributed by atoms with van der Waals surface area (Å²) in [6.07, 6.45) is -1.95. The van der Waals surface area contributed by atoms with Gasteiger partial charge in [-0.2, -0.15) is 0 Å². The van der Waals surface area contributed by atoms with Crippen LogP contribution < -0.4 is 10.6 Å². The van der Waals surface area contributed by atoms with Gasteiger partial charge >= 0.3 is 350 Å². The molecule has 4 rings (SSSR count). The molecule has 0 aliphatic carbocycles. The van der Waals surface area contributed by atoms with Crippen molar-refractivity contribution >= 4 is 52.1 Å². The molecule has 57 heavy (non-hydrogen) atoms. The molecule has 304 valence electrons. The Morgan fingerprint density at radius 3 is 1.25 bits per heavy atom. The molecular formula is C38H46HgN4O12S2. The van der Waals surface area contributed by atoms with Crippen LogP contribution in [0.15, 0.2) is 83.2 Å². The van der Waals surface area contributed by atoms with Crippen molar-refractivity contribution in [1.29, 1.82) is 0 Å². The first kappa shape index (κ1) is 45.9. The Balaban J connectivity index is 1.68. The van der Waals surface area contributed by atoms with E-state index in [0.717, 1.165) is 11.1 Å². The molecule has 0 saturated carbocycles. The fourth-order valence-corrected chi connectivity index (χ4v) is 29.8. The molecule has 2 aliphatic heterocycles. The number of hydrogen-bond donors (Lipinski definition) is 2. The molecule has 19 heteroatoms. The van der Waals surface area contributed by atoms with E-state index in [-0.39, 0.29) is 35.4 Å². The summed E-state index contributed by atoms with van der Waals surface area (Å²) < 4.78 is 31.8. The average Bonchev–Trinajstić information content (AvgIpc) is 3.22. The third-order valence-corrected chi connectivity index (χ3v) is 29.4. The van der Waals surface area contributed by atoms with Crippen molar-refractivity contribution in [2.45, 2.75) is 62.1 Å². The second-order valence-corrected chi connectivity index (χ2v) is 31.3. The molecule has 0 aromatic heterocycles. The van der Waals surface area contributed by atoms with Gasteiger partial charge in [0.25, 0.3) is 0 Å². The van der Waals surface area contributed by atoms with Gasteiger partial charge in [0.2, 0.25) is 0 Å². The van der Waals surface area contributed by atoms with Gasteiger partial charge in [0, 0.05) is 0 Å². The van der Waals surface area contributed by atoms with Gasteiger partial charge in [-0.1, -0.05) is 0 Å². The van der Waals surface area contributed by atoms with E-state index in [9.17, 15) is 28.8 Å². The third-order valence-electron chi connectivity index (χ3n) is 9.16. The van der Waals surface area contributed by atoms with Gasteiger partial charge in [-0.15, -0.1) is 0 Å². The van der Waals surface area contributed by atoms with Gasteiger partial charge in [0.05, 0.1) is 0 Å². The topological polar surface area (TPSA) is 188 Å². The molecule has 4 atom stereocenters. The Bertz CT molecular complexity index is 1710. The van der Waals surface area contributed by atoms with Crippen molar-refractivity contribution in [2.75, 3.05) is 42.7 Å². The van der Waals surface area contributed by atoms with E-state index in [1.165, 1.54) is 68.9 Å². The van der Waals surface area contributed by atoms with E-state index in [1.54, 1.807) is 62.4 Å². The van der Waals surface area contributed by atoms with Crippen molar-refractivity contribution in [3.8, 4) is 0 Å². The second-order valence-electron chi connectivity index (χ2n) is 12.7. The van der Waals surface area contributed by atoms with Crippen LogP contribution in [-0.2, 0) is 91.6 Å². The van der Waals surface area contributed by atoms with Crippen molar-refractivity contribution < 1.29 is 78.7 Å². The van der Waals surface area contributed by atoms with Crippen LogP contribution in [0, 0.1) is 0 Å². The molecule has 2 aliphatic rings. The number of benzene rings is 2. The van der Waals surface area contributed by atoms with E-state index in [1.807, 2.05) is 12.1 Å². The summed E-state index contributed by atoms with van der Waals surface area (Å²) in [6.45, 7) is 3.16. The summed E-state index contributed by atoms with van der Waals surface area (Å²) >= 11 is -2.51. The van der Waals surface area contributed by atoms with Gasteiger partial charge < -0.3 is 0 Å². The summed E-state index contributed by atoms with van der Waals surface area (Å²) in [5.41, 5.74) is 1.85. The first-order chi connectivity index (χ1) is 27.4. The number of methoxy groups -OCH3 is 6. The van der Waals surface area contributed by atoms with Crippen LogP contribution in [0.4, 0.5) is 0 Å². The molecule has 2 N–H and O–H groups in total. The number of carbonyl (C=O) groups is 6. The van der Waals surface area contributed by atoms with Crippen LogP contribution in [0.1, 0.15) is 25.0 Å².